The van der Waals surface area contributed by atoms with Crippen molar-refractivity contribution in [1.82, 2.24) is 59.5 Å². The zero-order valence-electron chi connectivity index (χ0n) is 75.7. The van der Waals surface area contributed by atoms with Crippen molar-refractivity contribution in [3.63, 3.8) is 0 Å². The number of carbonyl (C=O) groups excluding carboxylic acids is 8. The Morgan fingerprint density at radius 2 is 0.591 bits per heavy atom. The van der Waals surface area contributed by atoms with Crippen molar-refractivity contribution in [1.29, 1.82) is 0 Å². The van der Waals surface area contributed by atoms with Crippen molar-refractivity contribution < 1.29 is 146 Å². The standard InChI is InChI=1S/C85H131N15O30P2/c1-56(102)7-24-67(76(109)110)94-37-35-93(36-38-95(68(77(111)112)25-8-57(2)103)40-42-96(41-39-94)69(78(113)114)26-9-58(3)104)66(55-101)23-17-62-13-19-64(20-14-62)88-84-90-83(87-34-52-130-54-53-129-51-33-86-74(108)31-32-75(131(123,124)125)132(126,127)128)91-85(92-84)89-65-21-15-63(16-22-65)18-30-73(82(121)122)100-49-47-98(71(80(117)118)28-11-60(5)106)45-43-97(70(79(115)116)27-10-59(4)105)44-46-99(48-50-100)72(81(119)120)29-12-61(6)107/h13-16,19-22,55,66-73,75H,7-12,17-18,23-54H2,1-6H3,(H,86,108)(H,109,110)(H,111,112)(H,113,114)(H,115,116)(H,117,118)(H,119,120)(H,121,122)(H2,123,124,125)(H2,126,127,128)(H3,87,88,89,90,91,92). The van der Waals surface area contributed by atoms with Gasteiger partial charge in [-0.25, -0.2) is 0 Å². The number of nitrogens with zero attached hydrogens (tertiary/aromatic N) is 11. The number of carbonyl (C=O) groups is 15. The van der Waals surface area contributed by atoms with Gasteiger partial charge in [0.05, 0.1) is 32.5 Å². The monoisotopic (exact) mass is 1900 g/mol. The normalized spacial score (nSPS) is 17.2. The van der Waals surface area contributed by atoms with Crippen molar-refractivity contribution in [2.24, 2.45) is 0 Å². The topological polar surface area (TPSA) is 644 Å². The van der Waals surface area contributed by atoms with Crippen LogP contribution in [0.5, 0.6) is 0 Å². The quantitative estimate of drug-likeness (QED) is 0.0219. The van der Waals surface area contributed by atoms with Crippen LogP contribution in [0.3, 0.4) is 0 Å². The summed E-state index contributed by atoms with van der Waals surface area (Å²) in [6.07, 6.45) is -1.21. The molecule has 15 N–H and O–H groups in total. The number of aldehydes is 1. The zero-order chi connectivity index (χ0) is 98.0. The molecule has 45 nitrogen and oxygen atoms in total. The molecule has 5 rings (SSSR count). The second-order valence-corrected chi connectivity index (χ2v) is 37.2. The summed E-state index contributed by atoms with van der Waals surface area (Å²) in [5.41, 5.74) is 2.34. The fourth-order valence-corrected chi connectivity index (χ4v) is 18.2. The fourth-order valence-electron chi connectivity index (χ4n) is 15.7. The van der Waals surface area contributed by atoms with E-state index in [2.05, 4.69) is 36.2 Å². The SMILES string of the molecule is CC(=O)CCC(C(=O)O)N1CCN(C(C=O)CCc2ccc(Nc3nc(NCCOCCOCCNC(=O)CCC(P(=O)(O)O)P(=O)(O)O)nc(Nc4ccc(CCC(C(=O)O)N5CCN(C(CCC(C)=O)C(=O)O)CCN(C(CCC(C)=O)C(=O)O)CCN(C(CCC(C)=O)C(=O)O)CC5)cc4)n3)cc2)CCN(C(CCC(C)=O)C(=O)O)CCN(C(CCC(C)=O)C(=O)O)CC1. The molecule has 132 heavy (non-hydrogen) atoms. The number of nitrogens with one attached hydrogen (secondary N) is 4. The third kappa shape index (κ3) is 41.8. The molecule has 0 saturated carbocycles. The molecule has 2 aliphatic rings. The number of hydrogen-bond donors (Lipinski definition) is 15. The summed E-state index contributed by atoms with van der Waals surface area (Å²) in [6.45, 7) is 7.32. The number of hydrogen-bond acceptors (Lipinski definition) is 33. The van der Waals surface area contributed by atoms with Crippen molar-refractivity contribution in [2.75, 3.05) is 160 Å². The van der Waals surface area contributed by atoms with Gasteiger partial charge in [0.25, 0.3) is 0 Å². The van der Waals surface area contributed by atoms with E-state index in [1.807, 2.05) is 4.90 Å². The van der Waals surface area contributed by atoms with E-state index >= 15 is 0 Å². The number of anilines is 5. The molecule has 0 radical (unpaired) electrons. The number of aliphatic carboxylic acids is 7. The van der Waals surface area contributed by atoms with Gasteiger partial charge in [0, 0.05) is 174 Å². The summed E-state index contributed by atoms with van der Waals surface area (Å²) in [7, 11) is -10.4. The molecule has 1 amide bonds. The minimum absolute atomic E-state index is 0.00484. The van der Waals surface area contributed by atoms with Crippen LogP contribution in [0.1, 0.15) is 155 Å². The first-order valence-corrected chi connectivity index (χ1v) is 47.4. The van der Waals surface area contributed by atoms with Gasteiger partial charge >= 0.3 is 57.0 Å². The third-order valence-electron chi connectivity index (χ3n) is 23.1. The minimum atomic E-state index is -5.22. The van der Waals surface area contributed by atoms with Gasteiger partial charge in [0.1, 0.15) is 83.3 Å². The molecule has 1 aromatic heterocycles. The van der Waals surface area contributed by atoms with Gasteiger partial charge in [-0.1, -0.05) is 24.3 Å². The van der Waals surface area contributed by atoms with Crippen LogP contribution >= 0.6 is 15.2 Å². The van der Waals surface area contributed by atoms with Gasteiger partial charge in [-0.15, -0.1) is 0 Å². The highest BCUT2D eigenvalue weighted by Gasteiger charge is 2.44. The molecule has 8 atom stereocenters. The molecular weight excluding hydrogens is 1770 g/mol. The minimum Gasteiger partial charge on any atom is -0.480 e. The van der Waals surface area contributed by atoms with Crippen LogP contribution in [0, 0.1) is 0 Å². The second-order valence-electron chi connectivity index (χ2n) is 33.1. The predicted molar refractivity (Wildman–Crippen MR) is 478 cm³/mol. The van der Waals surface area contributed by atoms with Crippen LogP contribution in [0.15, 0.2) is 48.5 Å². The molecule has 0 bridgehead atoms. The van der Waals surface area contributed by atoms with Gasteiger partial charge < -0.3 is 120 Å². The molecule has 0 spiro atoms. The Bertz CT molecular complexity index is 4290. The summed E-state index contributed by atoms with van der Waals surface area (Å²) < 4.78 is 34.5. The Kier molecular flexibility index (Phi) is 49.3. The fraction of sp³-hybridized carbons (Fsp3) is 0.647. The Balaban J connectivity index is 1.44. The van der Waals surface area contributed by atoms with E-state index in [0.29, 0.717) is 23.4 Å². The van der Waals surface area contributed by atoms with Crippen LogP contribution in [0.2, 0.25) is 0 Å². The molecule has 2 fully saturated rings. The smallest absolute Gasteiger partial charge is 0.340 e. The molecule has 2 aromatic carbocycles. The van der Waals surface area contributed by atoms with Gasteiger partial charge in [-0.2, -0.15) is 15.0 Å². The first-order chi connectivity index (χ1) is 62.3. The van der Waals surface area contributed by atoms with E-state index in [-0.39, 0.29) is 293 Å². The lowest BCUT2D eigenvalue weighted by Crippen LogP contribution is -2.56. The molecule has 3 heterocycles. The number of Topliss-reactive ketones (excluding diaryl/α,β-unsaturated/α-hetero) is 6. The van der Waals surface area contributed by atoms with Gasteiger partial charge in [0.15, 0.2) is 5.40 Å². The van der Waals surface area contributed by atoms with Crippen molar-refractivity contribution in [3.05, 3.63) is 59.7 Å². The van der Waals surface area contributed by atoms with Crippen LogP contribution in [0.25, 0.3) is 0 Å². The first kappa shape index (κ1) is 113. The highest BCUT2D eigenvalue weighted by atomic mass is 31.2. The van der Waals surface area contributed by atoms with Gasteiger partial charge in [-0.3, -0.25) is 86.7 Å². The molecule has 0 aliphatic carbocycles. The van der Waals surface area contributed by atoms with E-state index in [1.54, 1.807) is 82.8 Å². The molecule has 3 aromatic rings. The number of rotatable bonds is 59. The van der Waals surface area contributed by atoms with E-state index in [0.717, 1.165) is 11.8 Å². The lowest BCUT2D eigenvalue weighted by atomic mass is 10.0. The van der Waals surface area contributed by atoms with E-state index in [9.17, 15) is 136 Å². The van der Waals surface area contributed by atoms with Crippen molar-refractivity contribution >= 4 is 133 Å². The number of benzene rings is 2. The number of aryl methyl sites for hydroxylation is 2. The summed E-state index contributed by atoms with van der Waals surface area (Å²) in [4.78, 5) is 256. The summed E-state index contributed by atoms with van der Waals surface area (Å²) in [6, 6.07) is 4.30. The highest BCUT2D eigenvalue weighted by Crippen LogP contribution is 2.61. The maximum atomic E-state index is 13.6. The Hall–Kier alpha value is -9.80. The van der Waals surface area contributed by atoms with E-state index < -0.39 is 129 Å². The lowest BCUT2D eigenvalue weighted by Gasteiger charge is -2.40. The van der Waals surface area contributed by atoms with E-state index in [4.69, 9.17) is 9.47 Å². The van der Waals surface area contributed by atoms with E-state index in [1.165, 1.54) is 41.5 Å². The molecule has 2 saturated heterocycles. The second kappa shape index (κ2) is 57.7. The van der Waals surface area contributed by atoms with Gasteiger partial charge in [0.2, 0.25) is 23.8 Å². The number of ether oxygens (including phenoxy) is 2. The Labute approximate surface area is 765 Å². The molecule has 2 aliphatic heterocycles. The van der Waals surface area contributed by atoms with Crippen molar-refractivity contribution in [2.45, 2.75) is 211 Å². The van der Waals surface area contributed by atoms with Crippen LogP contribution in [0.4, 0.5) is 29.2 Å². The largest absolute Gasteiger partial charge is 0.480 e. The van der Waals surface area contributed by atoms with Gasteiger partial charge in [-0.05, 0) is 148 Å². The highest BCUT2D eigenvalue weighted by molar-refractivity contribution is 7.70. The summed E-state index contributed by atoms with van der Waals surface area (Å²) in [5, 5.41) is 84.4. The van der Waals surface area contributed by atoms with Crippen molar-refractivity contribution in [3.8, 4) is 0 Å². The van der Waals surface area contributed by atoms with Crippen LogP contribution in [-0.4, -0.2) is 396 Å². The maximum absolute atomic E-state index is 13.6. The van der Waals surface area contributed by atoms with Crippen LogP contribution in [-0.2, 0) is 103 Å². The summed E-state index contributed by atoms with van der Waals surface area (Å²) in [5.74, 6) is -11.1. The zero-order valence-corrected chi connectivity index (χ0v) is 77.5. The number of ketones is 6. The number of carboxylic acids is 7. The first-order valence-electron chi connectivity index (χ1n) is 44.0. The molecule has 8 unspecified atom stereocenters. The number of carboxylic acid groups (broad SMARTS) is 7. The molecule has 736 valence electrons. The Morgan fingerprint density at radius 3 is 0.848 bits per heavy atom. The predicted octanol–water partition coefficient (Wildman–Crippen LogP) is 2.65. The molecular formula is C85H131N15O30P2. The third-order valence-corrected chi connectivity index (χ3v) is 27.0. The van der Waals surface area contributed by atoms with Crippen LogP contribution < -0.4 is 21.3 Å². The maximum Gasteiger partial charge on any atom is 0.340 e. The lowest BCUT2D eigenvalue weighted by molar-refractivity contribution is -0.148. The summed E-state index contributed by atoms with van der Waals surface area (Å²) >= 11 is 0. The number of aromatic nitrogens is 3. The Morgan fingerprint density at radius 1 is 0.341 bits per heavy atom. The molecule has 47 heteroatoms. The number of amides is 1. The average molecular weight is 1910 g/mol. The average Bonchev–Trinajstić information content (AvgIpc) is 0.835.